The highest BCUT2D eigenvalue weighted by Gasteiger charge is 2.25. The first-order valence-electron chi connectivity index (χ1n) is 6.46. The van der Waals surface area contributed by atoms with Crippen molar-refractivity contribution in [1.82, 2.24) is 9.62 Å². The topological polar surface area (TPSA) is 73.2 Å². The minimum absolute atomic E-state index is 0.0759. The van der Waals surface area contributed by atoms with Crippen LogP contribution >= 0.6 is 0 Å². The molecule has 0 radical (unpaired) electrons. The van der Waals surface area contributed by atoms with Gasteiger partial charge in [0.05, 0.1) is 17.4 Å². The molecular weight excluding hydrogens is 274 g/mol. The van der Waals surface area contributed by atoms with Crippen molar-refractivity contribution in [2.45, 2.75) is 37.2 Å². The van der Waals surface area contributed by atoms with E-state index in [0.717, 1.165) is 5.56 Å². The molecule has 5 nitrogen and oxygen atoms in total. The fourth-order valence-corrected chi connectivity index (χ4v) is 3.19. The van der Waals surface area contributed by atoms with Gasteiger partial charge in [-0.3, -0.25) is 0 Å². The highest BCUT2D eigenvalue weighted by molar-refractivity contribution is 7.89. The molecule has 0 bridgehead atoms. The Hall–Kier alpha value is -1.42. The Bertz CT molecular complexity index is 593. The third-order valence-electron chi connectivity index (χ3n) is 3.48. The van der Waals surface area contributed by atoms with Gasteiger partial charge < -0.3 is 5.32 Å². The molecular formula is C14H21N3O2S. The molecule has 1 rings (SSSR count). The number of sulfonamides is 1. The van der Waals surface area contributed by atoms with Crippen LogP contribution in [0.1, 0.15) is 31.9 Å². The van der Waals surface area contributed by atoms with Gasteiger partial charge in [0.25, 0.3) is 0 Å². The van der Waals surface area contributed by atoms with Crippen LogP contribution in [0.2, 0.25) is 0 Å². The molecule has 6 heteroatoms. The van der Waals surface area contributed by atoms with Crippen LogP contribution in [0.4, 0.5) is 0 Å². The molecule has 0 saturated heterocycles. The van der Waals surface area contributed by atoms with E-state index in [1.807, 2.05) is 26.1 Å². The van der Waals surface area contributed by atoms with E-state index < -0.39 is 10.0 Å². The van der Waals surface area contributed by atoms with Crippen molar-refractivity contribution < 1.29 is 8.42 Å². The standard InChI is InChI=1S/C14H21N3O2S/c1-11(8-9-15)17(4)20(18,19)14-7-5-6-13(10-14)12(2)16-3/h5-7,10-12,16H,8H2,1-4H3. The Morgan fingerprint density at radius 3 is 2.60 bits per heavy atom. The number of nitrogens with zero attached hydrogens (tertiary/aromatic N) is 2. The second-order valence-corrected chi connectivity index (χ2v) is 6.81. The van der Waals surface area contributed by atoms with Crippen LogP contribution < -0.4 is 5.32 Å². The lowest BCUT2D eigenvalue weighted by atomic mass is 10.1. The van der Waals surface area contributed by atoms with Crippen molar-refractivity contribution in [3.8, 4) is 6.07 Å². The van der Waals surface area contributed by atoms with Gasteiger partial charge in [-0.05, 0) is 38.6 Å². The van der Waals surface area contributed by atoms with Crippen molar-refractivity contribution in [1.29, 1.82) is 5.26 Å². The first-order chi connectivity index (χ1) is 9.34. The van der Waals surface area contributed by atoms with E-state index in [-0.39, 0.29) is 23.4 Å². The van der Waals surface area contributed by atoms with Crippen LogP contribution in [-0.2, 0) is 10.0 Å². The van der Waals surface area contributed by atoms with Gasteiger partial charge in [0, 0.05) is 19.1 Å². The van der Waals surface area contributed by atoms with Crippen molar-refractivity contribution >= 4 is 10.0 Å². The van der Waals surface area contributed by atoms with E-state index >= 15 is 0 Å². The smallest absolute Gasteiger partial charge is 0.243 e. The largest absolute Gasteiger partial charge is 0.313 e. The third kappa shape index (κ3) is 3.57. The van der Waals surface area contributed by atoms with Gasteiger partial charge in [-0.1, -0.05) is 12.1 Å². The number of nitriles is 1. The SMILES string of the molecule is CNC(C)c1cccc(S(=O)(=O)N(C)C(C)CC#N)c1. The molecule has 2 unspecified atom stereocenters. The summed E-state index contributed by atoms with van der Waals surface area (Å²) in [7, 11) is -0.238. The van der Waals surface area contributed by atoms with E-state index in [1.165, 1.54) is 11.4 Å². The van der Waals surface area contributed by atoms with E-state index in [2.05, 4.69) is 5.32 Å². The molecule has 1 aromatic carbocycles. The van der Waals surface area contributed by atoms with Crippen molar-refractivity contribution in [2.24, 2.45) is 0 Å². The summed E-state index contributed by atoms with van der Waals surface area (Å²) in [6, 6.07) is 8.59. The molecule has 2 atom stereocenters. The molecule has 0 amide bonds. The van der Waals surface area contributed by atoms with Crippen LogP contribution in [0, 0.1) is 11.3 Å². The number of benzene rings is 1. The lowest BCUT2D eigenvalue weighted by Crippen LogP contribution is -2.34. The van der Waals surface area contributed by atoms with Crippen LogP contribution in [0.3, 0.4) is 0 Å². The van der Waals surface area contributed by atoms with E-state index in [4.69, 9.17) is 5.26 Å². The maximum atomic E-state index is 12.5. The second-order valence-electron chi connectivity index (χ2n) is 4.82. The third-order valence-corrected chi connectivity index (χ3v) is 5.44. The fourth-order valence-electron chi connectivity index (χ4n) is 1.77. The highest BCUT2D eigenvalue weighted by Crippen LogP contribution is 2.21. The van der Waals surface area contributed by atoms with Crippen molar-refractivity contribution in [3.05, 3.63) is 29.8 Å². The fraction of sp³-hybridized carbons (Fsp3) is 0.500. The van der Waals surface area contributed by atoms with Crippen molar-refractivity contribution in [3.63, 3.8) is 0 Å². The molecule has 0 aromatic heterocycles. The minimum atomic E-state index is -3.57. The van der Waals surface area contributed by atoms with Gasteiger partial charge in [-0.25, -0.2) is 8.42 Å². The monoisotopic (exact) mass is 295 g/mol. The number of hydrogen-bond donors (Lipinski definition) is 1. The van der Waals surface area contributed by atoms with Crippen LogP contribution in [0.5, 0.6) is 0 Å². The molecule has 0 aliphatic carbocycles. The molecule has 0 aliphatic rings. The maximum absolute atomic E-state index is 12.5. The van der Waals surface area contributed by atoms with E-state index in [9.17, 15) is 8.42 Å². The Labute approximate surface area is 121 Å². The number of rotatable bonds is 6. The average molecular weight is 295 g/mol. The molecule has 1 N–H and O–H groups in total. The Morgan fingerprint density at radius 2 is 2.05 bits per heavy atom. The zero-order chi connectivity index (χ0) is 15.3. The van der Waals surface area contributed by atoms with E-state index in [0.29, 0.717) is 0 Å². The quantitative estimate of drug-likeness (QED) is 0.870. The summed E-state index contributed by atoms with van der Waals surface area (Å²) in [5, 5.41) is 11.8. The summed E-state index contributed by atoms with van der Waals surface area (Å²) in [5.74, 6) is 0. The summed E-state index contributed by atoms with van der Waals surface area (Å²) in [6.07, 6.45) is 0.169. The average Bonchev–Trinajstić information content (AvgIpc) is 2.45. The normalized spacial score (nSPS) is 14.8. The second kappa shape index (κ2) is 6.84. The molecule has 0 aliphatic heterocycles. The molecule has 0 fully saturated rings. The van der Waals surface area contributed by atoms with Gasteiger partial charge in [0.15, 0.2) is 0 Å². The Morgan fingerprint density at radius 1 is 1.40 bits per heavy atom. The predicted molar refractivity (Wildman–Crippen MR) is 78.6 cm³/mol. The predicted octanol–water partition coefficient (Wildman–Crippen LogP) is 1.89. The zero-order valence-electron chi connectivity index (χ0n) is 12.3. The minimum Gasteiger partial charge on any atom is -0.313 e. The highest BCUT2D eigenvalue weighted by atomic mass is 32.2. The van der Waals surface area contributed by atoms with E-state index in [1.54, 1.807) is 25.1 Å². The molecule has 110 valence electrons. The number of nitrogens with one attached hydrogen (secondary N) is 1. The van der Waals surface area contributed by atoms with Gasteiger partial charge in [-0.2, -0.15) is 9.57 Å². The maximum Gasteiger partial charge on any atom is 0.243 e. The summed E-state index contributed by atoms with van der Waals surface area (Å²) >= 11 is 0. The van der Waals surface area contributed by atoms with Gasteiger partial charge in [-0.15, -0.1) is 0 Å². The lowest BCUT2D eigenvalue weighted by molar-refractivity contribution is 0.393. The molecule has 20 heavy (non-hydrogen) atoms. The van der Waals surface area contributed by atoms with Crippen LogP contribution in [0.15, 0.2) is 29.2 Å². The molecule has 0 saturated carbocycles. The van der Waals surface area contributed by atoms with Crippen LogP contribution in [0.25, 0.3) is 0 Å². The first kappa shape index (κ1) is 16.6. The Balaban J connectivity index is 3.13. The first-order valence-corrected chi connectivity index (χ1v) is 7.90. The van der Waals surface area contributed by atoms with Gasteiger partial charge >= 0.3 is 0 Å². The summed E-state index contributed by atoms with van der Waals surface area (Å²) < 4.78 is 26.3. The number of hydrogen-bond acceptors (Lipinski definition) is 4. The Kier molecular flexibility index (Phi) is 5.69. The molecule has 0 spiro atoms. The van der Waals surface area contributed by atoms with Gasteiger partial charge in [0.1, 0.15) is 0 Å². The van der Waals surface area contributed by atoms with Crippen molar-refractivity contribution in [2.75, 3.05) is 14.1 Å². The zero-order valence-corrected chi connectivity index (χ0v) is 13.1. The molecule has 1 aromatic rings. The summed E-state index contributed by atoms with van der Waals surface area (Å²) in [6.45, 7) is 3.69. The van der Waals surface area contributed by atoms with Gasteiger partial charge in [0.2, 0.25) is 10.0 Å². The summed E-state index contributed by atoms with van der Waals surface area (Å²) in [4.78, 5) is 0.254. The van der Waals surface area contributed by atoms with Crippen LogP contribution in [-0.4, -0.2) is 32.9 Å². The summed E-state index contributed by atoms with van der Waals surface area (Å²) in [5.41, 5.74) is 0.912. The lowest BCUT2D eigenvalue weighted by Gasteiger charge is -2.23. The molecule has 0 heterocycles.